The lowest BCUT2D eigenvalue weighted by Crippen LogP contribution is -2.42. The van der Waals surface area contributed by atoms with E-state index in [0.29, 0.717) is 11.6 Å². The number of anilines is 1. The van der Waals surface area contributed by atoms with Gasteiger partial charge in [-0.05, 0) is 31.7 Å². The molecule has 1 aliphatic rings. The average Bonchev–Trinajstić information content (AvgIpc) is 2.47. The topological polar surface area (TPSA) is 83.7 Å². The zero-order chi connectivity index (χ0) is 15.6. The summed E-state index contributed by atoms with van der Waals surface area (Å²) in [5.41, 5.74) is 0.402. The van der Waals surface area contributed by atoms with E-state index in [1.165, 1.54) is 6.07 Å². The Balaban J connectivity index is 2.41. The third-order valence-electron chi connectivity index (χ3n) is 4.29. The number of rotatable bonds is 4. The molecular weight excluding hydrogens is 272 g/mol. The first-order chi connectivity index (χ1) is 9.93. The summed E-state index contributed by atoms with van der Waals surface area (Å²) in [7, 11) is 0. The van der Waals surface area contributed by atoms with Crippen molar-refractivity contribution in [3.8, 4) is 0 Å². The molecule has 0 aliphatic carbocycles. The van der Waals surface area contributed by atoms with Gasteiger partial charge in [-0.3, -0.25) is 10.1 Å². The van der Waals surface area contributed by atoms with Crippen LogP contribution in [0.5, 0.6) is 0 Å². The summed E-state index contributed by atoms with van der Waals surface area (Å²) in [5, 5.41) is 20.2. The number of non-ortho nitro benzene ring substituents is 1. The van der Waals surface area contributed by atoms with Crippen molar-refractivity contribution in [3.05, 3.63) is 33.9 Å². The Labute approximate surface area is 123 Å². The molecule has 0 radical (unpaired) electrons. The molecule has 114 valence electrons. The maximum atomic E-state index is 11.4. The average molecular weight is 292 g/mol. The van der Waals surface area contributed by atoms with E-state index in [1.807, 2.05) is 0 Å². The Morgan fingerprint density at radius 3 is 2.76 bits per heavy atom. The molecule has 1 aromatic carbocycles. The van der Waals surface area contributed by atoms with Crippen LogP contribution in [0.3, 0.4) is 0 Å². The van der Waals surface area contributed by atoms with Gasteiger partial charge in [0.1, 0.15) is 0 Å². The van der Waals surface area contributed by atoms with Gasteiger partial charge in [0.25, 0.3) is 5.69 Å². The van der Waals surface area contributed by atoms with E-state index in [1.54, 1.807) is 6.07 Å². The highest BCUT2D eigenvalue weighted by Crippen LogP contribution is 2.33. The minimum absolute atomic E-state index is 0.00723. The molecule has 0 saturated carbocycles. The van der Waals surface area contributed by atoms with Crippen molar-refractivity contribution in [1.29, 1.82) is 0 Å². The normalized spacial score (nSPS) is 22.1. The number of benzene rings is 1. The molecular formula is C15H20N2O4. The highest BCUT2D eigenvalue weighted by molar-refractivity contribution is 5.95. The Morgan fingerprint density at radius 2 is 2.19 bits per heavy atom. The van der Waals surface area contributed by atoms with Crippen LogP contribution in [0.4, 0.5) is 11.4 Å². The van der Waals surface area contributed by atoms with Crippen LogP contribution in [0, 0.1) is 16.0 Å². The third kappa shape index (κ3) is 3.15. The van der Waals surface area contributed by atoms with Crippen molar-refractivity contribution in [2.75, 3.05) is 11.4 Å². The van der Waals surface area contributed by atoms with Crippen molar-refractivity contribution in [2.45, 2.75) is 39.2 Å². The van der Waals surface area contributed by atoms with Gasteiger partial charge in [0.15, 0.2) is 0 Å². The quantitative estimate of drug-likeness (QED) is 0.680. The summed E-state index contributed by atoms with van der Waals surface area (Å²) < 4.78 is 0. The number of carboxylic acids is 1. The summed E-state index contributed by atoms with van der Waals surface area (Å²) in [6, 6.07) is 4.34. The number of aromatic carboxylic acids is 1. The summed E-state index contributed by atoms with van der Waals surface area (Å²) >= 11 is 0. The summed E-state index contributed by atoms with van der Waals surface area (Å²) in [6.07, 6.45) is 3.21. The summed E-state index contributed by atoms with van der Waals surface area (Å²) in [5.74, 6) is -0.586. The van der Waals surface area contributed by atoms with Crippen LogP contribution in [0.1, 0.15) is 43.5 Å². The summed E-state index contributed by atoms with van der Waals surface area (Å²) in [6.45, 7) is 5.00. The minimum Gasteiger partial charge on any atom is -0.478 e. The predicted octanol–water partition coefficient (Wildman–Crippen LogP) is 3.31. The number of carbonyl (C=O) groups is 1. The number of carboxylic acid groups (broad SMARTS) is 1. The van der Waals surface area contributed by atoms with Gasteiger partial charge < -0.3 is 10.0 Å². The largest absolute Gasteiger partial charge is 0.478 e. The number of hydrogen-bond acceptors (Lipinski definition) is 4. The Kier molecular flexibility index (Phi) is 4.45. The molecule has 2 atom stereocenters. The molecule has 2 rings (SSSR count). The maximum absolute atomic E-state index is 11.4. The molecule has 21 heavy (non-hydrogen) atoms. The van der Waals surface area contributed by atoms with Crippen molar-refractivity contribution >= 4 is 17.3 Å². The molecule has 1 N–H and O–H groups in total. The van der Waals surface area contributed by atoms with Crippen molar-refractivity contribution in [1.82, 2.24) is 0 Å². The van der Waals surface area contributed by atoms with Crippen molar-refractivity contribution < 1.29 is 14.8 Å². The second kappa shape index (κ2) is 6.11. The van der Waals surface area contributed by atoms with Crippen molar-refractivity contribution in [3.63, 3.8) is 0 Å². The first-order valence-electron chi connectivity index (χ1n) is 7.22. The van der Waals surface area contributed by atoms with Gasteiger partial charge in [0.05, 0.1) is 16.2 Å². The van der Waals surface area contributed by atoms with E-state index in [4.69, 9.17) is 0 Å². The molecule has 1 saturated heterocycles. The third-order valence-corrected chi connectivity index (χ3v) is 4.29. The Bertz CT molecular complexity index is 559. The van der Waals surface area contributed by atoms with E-state index in [0.717, 1.165) is 31.9 Å². The van der Waals surface area contributed by atoms with Crippen LogP contribution in [-0.4, -0.2) is 28.6 Å². The van der Waals surface area contributed by atoms with Crippen LogP contribution < -0.4 is 4.90 Å². The standard InChI is InChI=1S/C15H20N2O4/c1-3-11-5-4-10(2)16(9-11)14-7-6-12(17(20)21)8-13(14)15(18)19/h6-8,10-11H,3-5,9H2,1-2H3,(H,18,19). The van der Waals surface area contributed by atoms with Gasteiger partial charge in [-0.15, -0.1) is 0 Å². The molecule has 0 amide bonds. The van der Waals surface area contributed by atoms with Crippen LogP contribution >= 0.6 is 0 Å². The molecule has 0 aromatic heterocycles. The zero-order valence-electron chi connectivity index (χ0n) is 12.3. The first-order valence-corrected chi connectivity index (χ1v) is 7.22. The van der Waals surface area contributed by atoms with Crippen LogP contribution in [-0.2, 0) is 0 Å². The molecule has 6 heteroatoms. The lowest BCUT2D eigenvalue weighted by molar-refractivity contribution is -0.384. The number of hydrogen-bond donors (Lipinski definition) is 1. The van der Waals surface area contributed by atoms with Gasteiger partial charge in [-0.2, -0.15) is 0 Å². The first kappa shape index (κ1) is 15.3. The molecule has 0 bridgehead atoms. The number of nitrogens with zero attached hydrogens (tertiary/aromatic N) is 2. The molecule has 1 heterocycles. The number of piperidine rings is 1. The fraction of sp³-hybridized carbons (Fsp3) is 0.533. The molecule has 1 aromatic rings. The van der Waals surface area contributed by atoms with E-state index < -0.39 is 10.9 Å². The van der Waals surface area contributed by atoms with Crippen LogP contribution in [0.2, 0.25) is 0 Å². The second-order valence-corrected chi connectivity index (χ2v) is 5.62. The molecule has 6 nitrogen and oxygen atoms in total. The number of nitro groups is 1. The minimum atomic E-state index is -1.13. The highest BCUT2D eigenvalue weighted by atomic mass is 16.6. The van der Waals surface area contributed by atoms with E-state index in [2.05, 4.69) is 18.7 Å². The van der Waals surface area contributed by atoms with E-state index >= 15 is 0 Å². The molecule has 2 unspecified atom stereocenters. The lowest BCUT2D eigenvalue weighted by Gasteiger charge is -2.40. The monoisotopic (exact) mass is 292 g/mol. The fourth-order valence-corrected chi connectivity index (χ4v) is 2.91. The van der Waals surface area contributed by atoms with Crippen molar-refractivity contribution in [2.24, 2.45) is 5.92 Å². The van der Waals surface area contributed by atoms with E-state index in [-0.39, 0.29) is 17.3 Å². The smallest absolute Gasteiger partial charge is 0.338 e. The fourth-order valence-electron chi connectivity index (χ4n) is 2.91. The van der Waals surface area contributed by atoms with Gasteiger partial charge in [-0.25, -0.2) is 4.79 Å². The van der Waals surface area contributed by atoms with Gasteiger partial charge in [0.2, 0.25) is 0 Å². The van der Waals surface area contributed by atoms with Crippen LogP contribution in [0.15, 0.2) is 18.2 Å². The zero-order valence-corrected chi connectivity index (χ0v) is 12.3. The van der Waals surface area contributed by atoms with E-state index in [9.17, 15) is 20.0 Å². The SMILES string of the molecule is CCC1CCC(C)N(c2ccc([N+](=O)[O-])cc2C(=O)O)C1. The molecule has 0 spiro atoms. The predicted molar refractivity (Wildman–Crippen MR) is 79.9 cm³/mol. The Hall–Kier alpha value is -2.11. The molecule has 1 fully saturated rings. The van der Waals surface area contributed by atoms with Gasteiger partial charge in [0, 0.05) is 24.7 Å². The number of nitro benzene ring substituents is 1. The van der Waals surface area contributed by atoms with Gasteiger partial charge in [-0.1, -0.05) is 13.3 Å². The lowest BCUT2D eigenvalue weighted by atomic mass is 9.90. The highest BCUT2D eigenvalue weighted by Gasteiger charge is 2.28. The van der Waals surface area contributed by atoms with Crippen LogP contribution in [0.25, 0.3) is 0 Å². The maximum Gasteiger partial charge on any atom is 0.338 e. The van der Waals surface area contributed by atoms with Gasteiger partial charge >= 0.3 is 5.97 Å². The Morgan fingerprint density at radius 1 is 1.48 bits per heavy atom. The summed E-state index contributed by atoms with van der Waals surface area (Å²) in [4.78, 5) is 23.8. The molecule has 1 aliphatic heterocycles. The second-order valence-electron chi connectivity index (χ2n) is 5.62.